The zero-order valence-electron chi connectivity index (χ0n) is 36.1. The highest BCUT2D eigenvalue weighted by molar-refractivity contribution is 6.25. The Labute approximate surface area is 377 Å². The van der Waals surface area contributed by atoms with Crippen molar-refractivity contribution in [1.29, 1.82) is 0 Å². The lowest BCUT2D eigenvalue weighted by Crippen LogP contribution is -1.97. The molecule has 0 heteroatoms. The van der Waals surface area contributed by atoms with E-state index >= 15 is 0 Å². The third-order valence-corrected chi connectivity index (χ3v) is 12.4. The molecule has 0 aromatic heterocycles. The van der Waals surface area contributed by atoms with Crippen LogP contribution in [0.2, 0.25) is 0 Å². The molecule has 9 aromatic carbocycles. The maximum atomic E-state index is 4.78. The maximum absolute atomic E-state index is 4.78. The molecule has 0 N–H and O–H groups in total. The smallest absolute Gasteiger partial charge is 0.00816 e. The summed E-state index contributed by atoms with van der Waals surface area (Å²) < 4.78 is 0. The molecule has 0 aliphatic heterocycles. The van der Waals surface area contributed by atoms with Crippen molar-refractivity contribution in [2.24, 2.45) is 0 Å². The van der Waals surface area contributed by atoms with E-state index in [2.05, 4.69) is 256 Å². The van der Waals surface area contributed by atoms with Gasteiger partial charge in [-0.3, -0.25) is 0 Å². The molecule has 64 heavy (non-hydrogen) atoms. The highest BCUT2D eigenvalue weighted by Gasteiger charge is 2.18. The molecule has 304 valence electrons. The van der Waals surface area contributed by atoms with Crippen molar-refractivity contribution < 1.29 is 0 Å². The first-order valence-corrected chi connectivity index (χ1v) is 22.2. The van der Waals surface area contributed by atoms with Gasteiger partial charge in [-0.25, -0.2) is 0 Å². The van der Waals surface area contributed by atoms with Crippen LogP contribution in [0, 0.1) is 0 Å². The number of allylic oxidation sites excluding steroid dienone is 13. The summed E-state index contributed by atoms with van der Waals surface area (Å²) in [5.74, 6) is 0. The second kappa shape index (κ2) is 18.1. The van der Waals surface area contributed by atoms with Gasteiger partial charge in [-0.2, -0.15) is 0 Å². The van der Waals surface area contributed by atoms with E-state index in [1.165, 1.54) is 65.7 Å². The van der Waals surface area contributed by atoms with Crippen LogP contribution in [0.25, 0.3) is 88.0 Å². The Morgan fingerprint density at radius 3 is 1.45 bits per heavy atom. The molecule has 9 aromatic rings. The zero-order chi connectivity index (χ0) is 43.2. The molecule has 0 nitrogen and oxygen atoms in total. The topological polar surface area (TPSA) is 0 Å². The van der Waals surface area contributed by atoms with Gasteiger partial charge in [0.1, 0.15) is 0 Å². The SMILES string of the molecule is C=C1/C=C\C=C/C/C(c2ccccc2)=C/C=C/C=C\C(C)=C\1c1cc(-c2cc(-c3ccccc3)cc(-c3ccccc3)c2)ccc1-c1ccc2c3ccccc3c3ccccc3c2c1. The second-order valence-electron chi connectivity index (χ2n) is 16.5. The van der Waals surface area contributed by atoms with Crippen molar-refractivity contribution in [3.8, 4) is 44.5 Å². The van der Waals surface area contributed by atoms with Crippen molar-refractivity contribution >= 4 is 43.5 Å². The predicted molar refractivity (Wildman–Crippen MR) is 278 cm³/mol. The molecule has 0 spiro atoms. The number of hydrogen-bond donors (Lipinski definition) is 0. The summed E-state index contributed by atoms with van der Waals surface area (Å²) >= 11 is 0. The summed E-state index contributed by atoms with van der Waals surface area (Å²) in [4.78, 5) is 0. The summed E-state index contributed by atoms with van der Waals surface area (Å²) in [5.41, 5.74) is 16.2. The summed E-state index contributed by atoms with van der Waals surface area (Å²) in [6.07, 6.45) is 20.4. The van der Waals surface area contributed by atoms with E-state index < -0.39 is 0 Å². The molecule has 1 aliphatic carbocycles. The van der Waals surface area contributed by atoms with Crippen LogP contribution < -0.4 is 0 Å². The molecule has 0 radical (unpaired) electrons. The monoisotopic (exact) mass is 816 g/mol. The van der Waals surface area contributed by atoms with Crippen LogP contribution in [0.1, 0.15) is 24.5 Å². The van der Waals surface area contributed by atoms with E-state index in [0.717, 1.165) is 51.0 Å². The van der Waals surface area contributed by atoms with Gasteiger partial charge in [-0.05, 0) is 154 Å². The molecule has 10 rings (SSSR count). The number of rotatable bonds is 6. The Bertz CT molecular complexity index is 3290. The number of benzene rings is 9. The van der Waals surface area contributed by atoms with Crippen LogP contribution in [-0.4, -0.2) is 0 Å². The largest absolute Gasteiger partial charge is 0.0911 e. The Morgan fingerprint density at radius 1 is 0.344 bits per heavy atom. The van der Waals surface area contributed by atoms with Crippen LogP contribution >= 0.6 is 0 Å². The highest BCUT2D eigenvalue weighted by Crippen LogP contribution is 2.43. The molecular weight excluding hydrogens is 769 g/mol. The van der Waals surface area contributed by atoms with Crippen molar-refractivity contribution in [1.82, 2.24) is 0 Å². The van der Waals surface area contributed by atoms with Crippen LogP contribution in [-0.2, 0) is 0 Å². The van der Waals surface area contributed by atoms with Gasteiger partial charge < -0.3 is 0 Å². The van der Waals surface area contributed by atoms with E-state index in [1.54, 1.807) is 0 Å². The lowest BCUT2D eigenvalue weighted by atomic mass is 9.84. The molecule has 0 amide bonds. The standard InChI is InChI=1S/C64H48/c1-45-22-8-3-10-24-47(48-26-12-5-13-27-48)25-11-4-9-23-46(2)64(45)63-43-51(55-41-53(49-28-14-6-15-29-49)40-54(42-55)50-30-16-7-17-31-50)36-38-56(63)52-37-39-61-59-34-19-18-32-57(59)58-33-20-21-35-60(58)62(61)44-52/h3-23,25-44H,1,24H2,2H3/b10-3-,11-4+,22-8-,23-9-,47-25-,64-46-. The van der Waals surface area contributed by atoms with Crippen LogP contribution in [0.15, 0.2) is 267 Å². The number of hydrogen-bond acceptors (Lipinski definition) is 0. The Kier molecular flexibility index (Phi) is 11.3. The summed E-state index contributed by atoms with van der Waals surface area (Å²) in [6, 6.07) is 70.7. The van der Waals surface area contributed by atoms with Crippen molar-refractivity contribution in [3.63, 3.8) is 0 Å². The van der Waals surface area contributed by atoms with Crippen molar-refractivity contribution in [3.05, 3.63) is 278 Å². The highest BCUT2D eigenvalue weighted by atomic mass is 14.2. The second-order valence-corrected chi connectivity index (χ2v) is 16.5. The van der Waals surface area contributed by atoms with Gasteiger partial charge in [0.25, 0.3) is 0 Å². The third kappa shape index (κ3) is 8.18. The summed E-state index contributed by atoms with van der Waals surface area (Å²) in [5, 5.41) is 7.58. The quantitative estimate of drug-likeness (QED) is 0.147. The molecule has 0 bridgehead atoms. The molecular formula is C64H48. The Balaban J connectivity index is 1.19. The minimum atomic E-state index is 0.821. The van der Waals surface area contributed by atoms with Gasteiger partial charge in [-0.1, -0.05) is 225 Å². The van der Waals surface area contributed by atoms with Gasteiger partial charge >= 0.3 is 0 Å². The van der Waals surface area contributed by atoms with E-state index in [0.29, 0.717) is 0 Å². The van der Waals surface area contributed by atoms with Crippen LogP contribution in [0.4, 0.5) is 0 Å². The lowest BCUT2D eigenvalue weighted by Gasteiger charge is -2.20. The summed E-state index contributed by atoms with van der Waals surface area (Å²) in [6.45, 7) is 7.00. The van der Waals surface area contributed by atoms with E-state index in [-0.39, 0.29) is 0 Å². The normalized spacial score (nSPS) is 17.4. The fourth-order valence-electron chi connectivity index (χ4n) is 9.27. The van der Waals surface area contributed by atoms with Gasteiger partial charge in [0.15, 0.2) is 0 Å². The van der Waals surface area contributed by atoms with Crippen molar-refractivity contribution in [2.75, 3.05) is 0 Å². The van der Waals surface area contributed by atoms with Gasteiger partial charge in [0.2, 0.25) is 0 Å². The van der Waals surface area contributed by atoms with E-state index in [4.69, 9.17) is 6.58 Å². The molecule has 0 heterocycles. The zero-order valence-corrected chi connectivity index (χ0v) is 36.1. The van der Waals surface area contributed by atoms with E-state index in [1.807, 2.05) is 0 Å². The minimum Gasteiger partial charge on any atom is -0.0911 e. The van der Waals surface area contributed by atoms with Crippen LogP contribution in [0.5, 0.6) is 0 Å². The van der Waals surface area contributed by atoms with Gasteiger partial charge in [0, 0.05) is 0 Å². The molecule has 0 saturated heterocycles. The Hall–Kier alpha value is -8.06. The Morgan fingerprint density at radius 2 is 0.844 bits per heavy atom. The number of fused-ring (bicyclic) bond motifs is 6. The lowest BCUT2D eigenvalue weighted by molar-refractivity contribution is 1.39. The maximum Gasteiger partial charge on any atom is -0.00816 e. The van der Waals surface area contributed by atoms with Crippen molar-refractivity contribution in [2.45, 2.75) is 13.3 Å². The molecule has 0 atom stereocenters. The van der Waals surface area contributed by atoms with E-state index in [9.17, 15) is 0 Å². The average molecular weight is 817 g/mol. The average Bonchev–Trinajstić information content (AvgIpc) is 3.36. The first-order valence-electron chi connectivity index (χ1n) is 22.2. The van der Waals surface area contributed by atoms with Crippen LogP contribution in [0.3, 0.4) is 0 Å². The fourth-order valence-corrected chi connectivity index (χ4v) is 9.27. The predicted octanol–water partition coefficient (Wildman–Crippen LogP) is 17.9. The first kappa shape index (κ1) is 40.0. The fraction of sp³-hybridized carbons (Fsp3) is 0.0312. The molecule has 0 fully saturated rings. The van der Waals surface area contributed by atoms with Gasteiger partial charge in [-0.15, -0.1) is 0 Å². The molecule has 0 unspecified atom stereocenters. The molecule has 0 saturated carbocycles. The van der Waals surface area contributed by atoms with Gasteiger partial charge in [0.05, 0.1) is 0 Å². The minimum absolute atomic E-state index is 0.821. The molecule has 1 aliphatic rings. The third-order valence-electron chi connectivity index (χ3n) is 12.4. The summed E-state index contributed by atoms with van der Waals surface area (Å²) in [7, 11) is 0. The first-order chi connectivity index (χ1) is 31.6.